The maximum Gasteiger partial charge on any atom is 0.270 e. The highest BCUT2D eigenvalue weighted by molar-refractivity contribution is 5.98. The number of fused-ring (bicyclic) bond motifs is 1. The molecule has 4 rings (SSSR count). The smallest absolute Gasteiger partial charge is 0.270 e. The van der Waals surface area contributed by atoms with Gasteiger partial charge in [-0.25, -0.2) is 0 Å². The number of likely N-dealkylation sites (tertiary alicyclic amines) is 1. The van der Waals surface area contributed by atoms with E-state index in [0.717, 1.165) is 36.2 Å². The van der Waals surface area contributed by atoms with Crippen molar-refractivity contribution >= 4 is 16.8 Å². The van der Waals surface area contributed by atoms with Crippen LogP contribution in [0.1, 0.15) is 30.8 Å². The number of amides is 1. The maximum absolute atomic E-state index is 12.6. The molecule has 3 heterocycles. The van der Waals surface area contributed by atoms with Gasteiger partial charge in [0.05, 0.1) is 13.2 Å². The zero-order valence-corrected chi connectivity index (χ0v) is 15.5. The summed E-state index contributed by atoms with van der Waals surface area (Å²) in [7, 11) is 0. The predicted octanol–water partition coefficient (Wildman–Crippen LogP) is 2.50. The summed E-state index contributed by atoms with van der Waals surface area (Å²) in [4.78, 5) is 20.2. The van der Waals surface area contributed by atoms with Gasteiger partial charge in [-0.2, -0.15) is 0 Å². The monoisotopic (exact) mass is 357 g/mol. The average Bonchev–Trinajstić information content (AvgIpc) is 3.28. The van der Waals surface area contributed by atoms with Crippen LogP contribution in [0.5, 0.6) is 5.75 Å². The van der Waals surface area contributed by atoms with Crippen molar-refractivity contribution in [3.05, 3.63) is 30.0 Å². The Morgan fingerprint density at radius 2 is 2.04 bits per heavy atom. The molecule has 0 unspecified atom stereocenters. The SMILES string of the molecule is CC(C)N1CC[C@H](Oc2ccc3[nH]c(C(=O)N4CCOCC4)cc3c2)C1. The van der Waals surface area contributed by atoms with E-state index < -0.39 is 0 Å². The predicted molar refractivity (Wildman–Crippen MR) is 101 cm³/mol. The number of benzene rings is 1. The Kier molecular flexibility index (Phi) is 4.87. The molecule has 0 saturated carbocycles. The number of ether oxygens (including phenoxy) is 2. The normalized spacial score (nSPS) is 21.7. The molecule has 1 atom stereocenters. The molecular weight excluding hydrogens is 330 g/mol. The third-order valence-electron chi connectivity index (χ3n) is 5.33. The first-order valence-electron chi connectivity index (χ1n) is 9.50. The second kappa shape index (κ2) is 7.29. The van der Waals surface area contributed by atoms with E-state index >= 15 is 0 Å². The van der Waals surface area contributed by atoms with E-state index in [1.165, 1.54) is 0 Å². The number of carbonyl (C=O) groups excluding carboxylic acids is 1. The second-order valence-corrected chi connectivity index (χ2v) is 7.45. The number of hydrogen-bond acceptors (Lipinski definition) is 4. The molecule has 1 aromatic carbocycles. The number of aromatic amines is 1. The Morgan fingerprint density at radius 1 is 1.23 bits per heavy atom. The van der Waals surface area contributed by atoms with E-state index in [2.05, 4.69) is 23.7 Å². The van der Waals surface area contributed by atoms with Crippen LogP contribution in [-0.4, -0.2) is 72.2 Å². The van der Waals surface area contributed by atoms with Crippen molar-refractivity contribution in [2.45, 2.75) is 32.4 Å². The molecule has 1 aromatic heterocycles. The molecule has 6 heteroatoms. The standard InChI is InChI=1S/C20H27N3O3/c1-14(2)23-6-5-17(13-23)26-16-3-4-18-15(11-16)12-19(21-18)20(24)22-7-9-25-10-8-22/h3-4,11-12,14,17,21H,5-10,13H2,1-2H3/t17-/m0/s1. The van der Waals surface area contributed by atoms with E-state index in [9.17, 15) is 4.79 Å². The molecular formula is C20H27N3O3. The van der Waals surface area contributed by atoms with Gasteiger partial charge in [0.15, 0.2) is 0 Å². The second-order valence-electron chi connectivity index (χ2n) is 7.45. The number of H-pyrrole nitrogens is 1. The molecule has 2 saturated heterocycles. The first-order chi connectivity index (χ1) is 12.6. The molecule has 0 radical (unpaired) electrons. The summed E-state index contributed by atoms with van der Waals surface area (Å²) in [5.74, 6) is 0.910. The van der Waals surface area contributed by atoms with Gasteiger partial charge in [-0.1, -0.05) is 0 Å². The molecule has 140 valence electrons. The number of hydrogen-bond donors (Lipinski definition) is 1. The van der Waals surface area contributed by atoms with Gasteiger partial charge in [-0.05, 0) is 44.5 Å². The number of nitrogens with zero attached hydrogens (tertiary/aromatic N) is 2. The number of rotatable bonds is 4. The summed E-state index contributed by atoms with van der Waals surface area (Å²) in [6.07, 6.45) is 1.30. The summed E-state index contributed by atoms with van der Waals surface area (Å²) < 4.78 is 11.5. The van der Waals surface area contributed by atoms with Crippen molar-refractivity contribution in [1.29, 1.82) is 0 Å². The lowest BCUT2D eigenvalue weighted by atomic mass is 10.2. The largest absolute Gasteiger partial charge is 0.489 e. The number of carbonyl (C=O) groups is 1. The van der Waals surface area contributed by atoms with Crippen molar-refractivity contribution < 1.29 is 14.3 Å². The molecule has 26 heavy (non-hydrogen) atoms. The summed E-state index contributed by atoms with van der Waals surface area (Å²) in [5, 5.41) is 1.01. The zero-order valence-electron chi connectivity index (χ0n) is 15.5. The van der Waals surface area contributed by atoms with Gasteiger partial charge in [0.1, 0.15) is 17.5 Å². The lowest BCUT2D eigenvalue weighted by molar-refractivity contribution is 0.0299. The summed E-state index contributed by atoms with van der Waals surface area (Å²) >= 11 is 0. The number of nitrogens with one attached hydrogen (secondary N) is 1. The molecule has 2 fully saturated rings. The fourth-order valence-corrected chi connectivity index (χ4v) is 3.75. The van der Waals surface area contributed by atoms with Gasteiger partial charge >= 0.3 is 0 Å². The minimum absolute atomic E-state index is 0.0373. The zero-order chi connectivity index (χ0) is 18.1. The van der Waals surface area contributed by atoms with Crippen LogP contribution in [-0.2, 0) is 4.74 Å². The van der Waals surface area contributed by atoms with Crippen LogP contribution in [0.15, 0.2) is 24.3 Å². The van der Waals surface area contributed by atoms with Crippen LogP contribution in [0, 0.1) is 0 Å². The molecule has 0 aliphatic carbocycles. The molecule has 1 N–H and O–H groups in total. The number of morpholine rings is 1. The van der Waals surface area contributed by atoms with E-state index in [0.29, 0.717) is 38.0 Å². The van der Waals surface area contributed by atoms with Gasteiger partial charge in [0.25, 0.3) is 5.91 Å². The Morgan fingerprint density at radius 3 is 2.77 bits per heavy atom. The van der Waals surface area contributed by atoms with Crippen LogP contribution in [0.4, 0.5) is 0 Å². The van der Waals surface area contributed by atoms with Crippen LogP contribution in [0.25, 0.3) is 10.9 Å². The van der Waals surface area contributed by atoms with Crippen LogP contribution in [0.3, 0.4) is 0 Å². The van der Waals surface area contributed by atoms with Crippen molar-refractivity contribution in [3.63, 3.8) is 0 Å². The van der Waals surface area contributed by atoms with Crippen LogP contribution < -0.4 is 4.74 Å². The maximum atomic E-state index is 12.6. The molecule has 2 aromatic rings. The molecule has 1 amide bonds. The van der Waals surface area contributed by atoms with Crippen molar-refractivity contribution in [1.82, 2.24) is 14.8 Å². The first kappa shape index (κ1) is 17.4. The quantitative estimate of drug-likeness (QED) is 0.913. The topological polar surface area (TPSA) is 57.8 Å². The minimum Gasteiger partial charge on any atom is -0.489 e. The summed E-state index contributed by atoms with van der Waals surface area (Å²) in [6.45, 7) is 9.03. The Hall–Kier alpha value is -2.05. The van der Waals surface area contributed by atoms with Crippen LogP contribution in [0.2, 0.25) is 0 Å². The van der Waals surface area contributed by atoms with Gasteiger partial charge in [-0.3, -0.25) is 9.69 Å². The van der Waals surface area contributed by atoms with E-state index in [4.69, 9.17) is 9.47 Å². The molecule has 2 aliphatic heterocycles. The number of aromatic nitrogens is 1. The van der Waals surface area contributed by atoms with Gasteiger partial charge in [0.2, 0.25) is 0 Å². The Balaban J connectivity index is 1.46. The van der Waals surface area contributed by atoms with Crippen molar-refractivity contribution in [2.75, 3.05) is 39.4 Å². The highest BCUT2D eigenvalue weighted by atomic mass is 16.5. The van der Waals surface area contributed by atoms with Gasteiger partial charge in [-0.15, -0.1) is 0 Å². The molecule has 0 bridgehead atoms. The lowest BCUT2D eigenvalue weighted by Gasteiger charge is -2.26. The highest BCUT2D eigenvalue weighted by Crippen LogP contribution is 2.25. The average molecular weight is 357 g/mol. The van der Waals surface area contributed by atoms with E-state index in [1.807, 2.05) is 29.2 Å². The van der Waals surface area contributed by atoms with Gasteiger partial charge in [0, 0.05) is 43.1 Å². The van der Waals surface area contributed by atoms with Gasteiger partial charge < -0.3 is 19.4 Å². The summed E-state index contributed by atoms with van der Waals surface area (Å²) in [5.41, 5.74) is 1.59. The third kappa shape index (κ3) is 3.57. The first-order valence-corrected chi connectivity index (χ1v) is 9.50. The minimum atomic E-state index is 0.0373. The lowest BCUT2D eigenvalue weighted by Crippen LogP contribution is -2.40. The Bertz CT molecular complexity index is 780. The van der Waals surface area contributed by atoms with Crippen LogP contribution >= 0.6 is 0 Å². The Labute approximate surface area is 154 Å². The molecule has 0 spiro atoms. The molecule has 6 nitrogen and oxygen atoms in total. The fraction of sp³-hybridized carbons (Fsp3) is 0.550. The van der Waals surface area contributed by atoms with Crippen molar-refractivity contribution in [3.8, 4) is 5.75 Å². The molecule has 2 aliphatic rings. The van der Waals surface area contributed by atoms with Crippen molar-refractivity contribution in [2.24, 2.45) is 0 Å². The van der Waals surface area contributed by atoms with E-state index in [-0.39, 0.29) is 12.0 Å². The third-order valence-corrected chi connectivity index (χ3v) is 5.33. The van der Waals surface area contributed by atoms with E-state index in [1.54, 1.807) is 0 Å². The summed E-state index contributed by atoms with van der Waals surface area (Å²) in [6, 6.07) is 8.50. The highest BCUT2D eigenvalue weighted by Gasteiger charge is 2.26. The fourth-order valence-electron chi connectivity index (χ4n) is 3.75.